The number of halogens is 3. The predicted octanol–water partition coefficient (Wildman–Crippen LogP) is 3.38. The Balaban J connectivity index is 2.38. The van der Waals surface area contributed by atoms with Gasteiger partial charge in [0, 0.05) is 6.42 Å². The summed E-state index contributed by atoms with van der Waals surface area (Å²) in [6.07, 6.45) is -2.68. The van der Waals surface area contributed by atoms with Gasteiger partial charge in [-0.3, -0.25) is 0 Å². The van der Waals surface area contributed by atoms with E-state index in [0.29, 0.717) is 0 Å². The molecule has 1 saturated carbocycles. The number of hydrogen-bond acceptors (Lipinski definition) is 0. The van der Waals surface area contributed by atoms with E-state index in [2.05, 4.69) is 0 Å². The van der Waals surface area contributed by atoms with Crippen LogP contribution in [0.3, 0.4) is 0 Å². The topological polar surface area (TPSA) is 0 Å². The van der Waals surface area contributed by atoms with E-state index in [-0.39, 0.29) is 11.3 Å². The monoisotopic (exact) mass is 166 g/mol. The van der Waals surface area contributed by atoms with Gasteiger partial charge < -0.3 is 0 Å². The number of hydrogen-bond donors (Lipinski definition) is 0. The molecule has 1 aliphatic rings. The van der Waals surface area contributed by atoms with Crippen LogP contribution in [0.15, 0.2) is 0 Å². The second-order valence-electron chi connectivity index (χ2n) is 3.87. The van der Waals surface area contributed by atoms with Gasteiger partial charge in [-0.1, -0.05) is 13.8 Å². The molecule has 0 heterocycles. The zero-order chi connectivity index (χ0) is 8.70. The van der Waals surface area contributed by atoms with E-state index >= 15 is 0 Å². The average Bonchev–Trinajstić information content (AvgIpc) is 2.44. The first kappa shape index (κ1) is 8.88. The van der Waals surface area contributed by atoms with E-state index in [1.807, 2.05) is 6.92 Å². The fraction of sp³-hybridized carbons (Fsp3) is 1.00. The predicted molar refractivity (Wildman–Crippen MR) is 37.2 cm³/mol. The van der Waals surface area contributed by atoms with Gasteiger partial charge in [-0.2, -0.15) is 13.2 Å². The summed E-state index contributed by atoms with van der Waals surface area (Å²) in [4.78, 5) is 0. The summed E-state index contributed by atoms with van der Waals surface area (Å²) in [6, 6.07) is 0. The van der Waals surface area contributed by atoms with E-state index in [0.717, 1.165) is 12.8 Å². The minimum absolute atomic E-state index is 0.00444. The molecule has 1 aliphatic carbocycles. The number of alkyl halides is 3. The van der Waals surface area contributed by atoms with Gasteiger partial charge >= 0.3 is 6.18 Å². The Bertz CT molecular complexity index is 144. The standard InChI is InChI=1S/C8H13F3/c1-6(5-8(9,10)11)7(2)3-4-7/h6H,3-5H2,1-2H3/t6-/m0/s1. The lowest BCUT2D eigenvalue weighted by atomic mass is 9.90. The molecule has 0 spiro atoms. The lowest BCUT2D eigenvalue weighted by Crippen LogP contribution is -2.18. The smallest absolute Gasteiger partial charge is 0.171 e. The summed E-state index contributed by atoms with van der Waals surface area (Å²) in [5.41, 5.74) is -0.00444. The lowest BCUT2D eigenvalue weighted by molar-refractivity contribution is -0.147. The van der Waals surface area contributed by atoms with Gasteiger partial charge in [0.15, 0.2) is 0 Å². The molecule has 0 saturated heterocycles. The molecule has 0 amide bonds. The highest BCUT2D eigenvalue weighted by molar-refractivity contribution is 4.93. The van der Waals surface area contributed by atoms with Crippen LogP contribution in [0.25, 0.3) is 0 Å². The Labute approximate surface area is 64.8 Å². The summed E-state index contributed by atoms with van der Waals surface area (Å²) in [7, 11) is 0. The average molecular weight is 166 g/mol. The maximum absolute atomic E-state index is 11.9. The molecule has 11 heavy (non-hydrogen) atoms. The molecule has 0 aromatic heterocycles. The fourth-order valence-electron chi connectivity index (χ4n) is 1.28. The first-order valence-electron chi connectivity index (χ1n) is 3.90. The third-order valence-corrected chi connectivity index (χ3v) is 2.77. The molecule has 66 valence electrons. The molecule has 1 atom stereocenters. The molecule has 3 heteroatoms. The van der Waals surface area contributed by atoms with Gasteiger partial charge in [0.1, 0.15) is 0 Å². The van der Waals surface area contributed by atoms with E-state index in [1.54, 1.807) is 6.92 Å². The molecular weight excluding hydrogens is 153 g/mol. The fourth-order valence-corrected chi connectivity index (χ4v) is 1.28. The SMILES string of the molecule is C[C@@H](CC(F)(F)F)C1(C)CC1. The third-order valence-electron chi connectivity index (χ3n) is 2.77. The van der Waals surface area contributed by atoms with Crippen LogP contribution in [0.4, 0.5) is 13.2 Å². The summed E-state index contributed by atoms with van der Waals surface area (Å²) in [5.74, 6) is -0.206. The van der Waals surface area contributed by atoms with Crippen molar-refractivity contribution in [2.45, 2.75) is 39.3 Å². The van der Waals surface area contributed by atoms with Gasteiger partial charge in [0.25, 0.3) is 0 Å². The zero-order valence-electron chi connectivity index (χ0n) is 6.83. The molecule has 0 aromatic rings. The third kappa shape index (κ3) is 2.38. The number of rotatable bonds is 2. The van der Waals surface area contributed by atoms with Crippen LogP contribution < -0.4 is 0 Å². The Hall–Kier alpha value is -0.210. The van der Waals surface area contributed by atoms with Crippen LogP contribution in [-0.2, 0) is 0 Å². The second kappa shape index (κ2) is 2.39. The molecule has 0 unspecified atom stereocenters. The molecule has 0 aliphatic heterocycles. The molecule has 0 aromatic carbocycles. The van der Waals surface area contributed by atoms with Crippen LogP contribution in [0.2, 0.25) is 0 Å². The molecule has 0 bridgehead atoms. The first-order chi connectivity index (χ1) is 4.83. The summed E-state index contributed by atoms with van der Waals surface area (Å²) < 4.78 is 35.6. The Morgan fingerprint density at radius 3 is 2.09 bits per heavy atom. The van der Waals surface area contributed by atoms with Crippen molar-refractivity contribution < 1.29 is 13.2 Å². The van der Waals surface area contributed by atoms with E-state index in [4.69, 9.17) is 0 Å². The summed E-state index contributed by atoms with van der Waals surface area (Å²) >= 11 is 0. The lowest BCUT2D eigenvalue weighted by Gasteiger charge is -2.19. The highest BCUT2D eigenvalue weighted by Crippen LogP contribution is 2.53. The highest BCUT2D eigenvalue weighted by atomic mass is 19.4. The molecule has 1 fully saturated rings. The minimum Gasteiger partial charge on any atom is -0.171 e. The Kier molecular flexibility index (Phi) is 1.93. The van der Waals surface area contributed by atoms with Gasteiger partial charge in [-0.25, -0.2) is 0 Å². The molecule has 0 nitrogen and oxygen atoms in total. The van der Waals surface area contributed by atoms with Crippen LogP contribution >= 0.6 is 0 Å². The van der Waals surface area contributed by atoms with Crippen molar-refractivity contribution >= 4 is 0 Å². The van der Waals surface area contributed by atoms with E-state index < -0.39 is 12.6 Å². The van der Waals surface area contributed by atoms with Crippen molar-refractivity contribution in [1.82, 2.24) is 0 Å². The maximum Gasteiger partial charge on any atom is 0.389 e. The molecular formula is C8H13F3. The quantitative estimate of drug-likeness (QED) is 0.590. The maximum atomic E-state index is 11.9. The molecule has 1 rings (SSSR count). The molecule has 0 N–H and O–H groups in total. The van der Waals surface area contributed by atoms with Crippen molar-refractivity contribution in [3.05, 3.63) is 0 Å². The van der Waals surface area contributed by atoms with E-state index in [9.17, 15) is 13.2 Å². The molecule has 0 radical (unpaired) electrons. The minimum atomic E-state index is -3.98. The van der Waals surface area contributed by atoms with Crippen LogP contribution in [0, 0.1) is 11.3 Å². The normalized spacial score (nSPS) is 24.8. The second-order valence-corrected chi connectivity index (χ2v) is 3.87. The Morgan fingerprint density at radius 1 is 1.36 bits per heavy atom. The van der Waals surface area contributed by atoms with Gasteiger partial charge in [-0.15, -0.1) is 0 Å². The van der Waals surface area contributed by atoms with Crippen LogP contribution in [-0.4, -0.2) is 6.18 Å². The first-order valence-corrected chi connectivity index (χ1v) is 3.90. The zero-order valence-corrected chi connectivity index (χ0v) is 6.83. The van der Waals surface area contributed by atoms with Gasteiger partial charge in [-0.05, 0) is 24.2 Å². The van der Waals surface area contributed by atoms with Crippen molar-refractivity contribution in [3.63, 3.8) is 0 Å². The van der Waals surface area contributed by atoms with Crippen molar-refractivity contribution in [3.8, 4) is 0 Å². The van der Waals surface area contributed by atoms with Crippen molar-refractivity contribution in [1.29, 1.82) is 0 Å². The van der Waals surface area contributed by atoms with Crippen LogP contribution in [0.5, 0.6) is 0 Å². The van der Waals surface area contributed by atoms with Crippen molar-refractivity contribution in [2.24, 2.45) is 11.3 Å². The van der Waals surface area contributed by atoms with Crippen molar-refractivity contribution in [2.75, 3.05) is 0 Å². The summed E-state index contributed by atoms with van der Waals surface area (Å²) in [5, 5.41) is 0. The Morgan fingerprint density at radius 2 is 1.82 bits per heavy atom. The highest BCUT2D eigenvalue weighted by Gasteiger charge is 2.46. The van der Waals surface area contributed by atoms with Gasteiger partial charge in [0.05, 0.1) is 0 Å². The van der Waals surface area contributed by atoms with Gasteiger partial charge in [0.2, 0.25) is 0 Å². The van der Waals surface area contributed by atoms with Crippen LogP contribution in [0.1, 0.15) is 33.1 Å². The largest absolute Gasteiger partial charge is 0.389 e. The van der Waals surface area contributed by atoms with E-state index in [1.165, 1.54) is 0 Å². The summed E-state index contributed by atoms with van der Waals surface area (Å²) in [6.45, 7) is 3.63.